The molecule has 0 radical (unpaired) electrons. The monoisotopic (exact) mass is 262 g/mol. The summed E-state index contributed by atoms with van der Waals surface area (Å²) in [5, 5.41) is 7.89. The molecule has 2 aliphatic rings. The van der Waals surface area contributed by atoms with E-state index in [-0.39, 0.29) is 6.04 Å². The van der Waals surface area contributed by atoms with Gasteiger partial charge in [-0.3, -0.25) is 10.00 Å². The van der Waals surface area contributed by atoms with Crippen LogP contribution in [0.25, 0.3) is 0 Å². The van der Waals surface area contributed by atoms with E-state index in [4.69, 9.17) is 5.73 Å². The third-order valence-electron chi connectivity index (χ3n) is 4.50. The molecule has 0 unspecified atom stereocenters. The molecule has 19 heavy (non-hydrogen) atoms. The lowest BCUT2D eigenvalue weighted by atomic mass is 9.89. The Balaban J connectivity index is 1.87. The Kier molecular flexibility index (Phi) is 3.63. The smallest absolute Gasteiger partial charge is 0.0844 e. The van der Waals surface area contributed by atoms with E-state index in [1.165, 1.54) is 49.3 Å². The largest absolute Gasteiger partial charge is 0.324 e. The van der Waals surface area contributed by atoms with Crippen molar-refractivity contribution in [3.8, 4) is 0 Å². The van der Waals surface area contributed by atoms with Crippen molar-refractivity contribution in [2.75, 3.05) is 13.1 Å². The first-order chi connectivity index (χ1) is 9.16. The SMILES string of the molecule is CC(C)CN1CCC[C@H]1c1n[nH]c2c1[C@H](N)CCC2. The highest BCUT2D eigenvalue weighted by atomic mass is 15.2. The van der Waals surface area contributed by atoms with Crippen LogP contribution in [0, 0.1) is 5.92 Å². The van der Waals surface area contributed by atoms with Crippen molar-refractivity contribution < 1.29 is 0 Å². The van der Waals surface area contributed by atoms with Gasteiger partial charge in [-0.15, -0.1) is 0 Å². The Morgan fingerprint density at radius 1 is 1.37 bits per heavy atom. The van der Waals surface area contributed by atoms with Crippen LogP contribution in [0.3, 0.4) is 0 Å². The second-order valence-corrected chi connectivity index (χ2v) is 6.55. The Bertz CT molecular complexity index is 437. The summed E-state index contributed by atoms with van der Waals surface area (Å²) < 4.78 is 0. The van der Waals surface area contributed by atoms with E-state index in [1.54, 1.807) is 0 Å². The highest BCUT2D eigenvalue weighted by Gasteiger charge is 2.33. The lowest BCUT2D eigenvalue weighted by molar-refractivity contribution is 0.224. The van der Waals surface area contributed by atoms with Crippen molar-refractivity contribution in [1.82, 2.24) is 15.1 Å². The van der Waals surface area contributed by atoms with Gasteiger partial charge in [-0.05, 0) is 44.6 Å². The predicted octanol–water partition coefficient (Wildman–Crippen LogP) is 2.54. The zero-order valence-corrected chi connectivity index (χ0v) is 12.2. The fourth-order valence-corrected chi connectivity index (χ4v) is 3.73. The molecule has 3 N–H and O–H groups in total. The average molecular weight is 262 g/mol. The summed E-state index contributed by atoms with van der Waals surface area (Å²) in [5.41, 5.74) is 10.2. The van der Waals surface area contributed by atoms with Gasteiger partial charge in [0.15, 0.2) is 0 Å². The van der Waals surface area contributed by atoms with E-state index >= 15 is 0 Å². The molecule has 2 atom stereocenters. The molecule has 0 amide bonds. The molecule has 1 fully saturated rings. The van der Waals surface area contributed by atoms with Gasteiger partial charge in [-0.1, -0.05) is 13.8 Å². The molecule has 1 aliphatic carbocycles. The van der Waals surface area contributed by atoms with Crippen LogP contribution >= 0.6 is 0 Å². The molecule has 1 saturated heterocycles. The molecule has 0 bridgehead atoms. The molecule has 106 valence electrons. The predicted molar refractivity (Wildman–Crippen MR) is 76.8 cm³/mol. The molecule has 0 saturated carbocycles. The van der Waals surface area contributed by atoms with Gasteiger partial charge in [0.2, 0.25) is 0 Å². The number of aromatic nitrogens is 2. The van der Waals surface area contributed by atoms with Crippen LogP contribution in [0.2, 0.25) is 0 Å². The van der Waals surface area contributed by atoms with Gasteiger partial charge in [0.25, 0.3) is 0 Å². The zero-order valence-electron chi connectivity index (χ0n) is 12.2. The van der Waals surface area contributed by atoms with Crippen LogP contribution in [0.4, 0.5) is 0 Å². The number of hydrogen-bond acceptors (Lipinski definition) is 3. The van der Waals surface area contributed by atoms with Gasteiger partial charge < -0.3 is 5.73 Å². The summed E-state index contributed by atoms with van der Waals surface area (Å²) in [6.07, 6.45) is 5.94. The lowest BCUT2D eigenvalue weighted by Gasteiger charge is -2.27. The summed E-state index contributed by atoms with van der Waals surface area (Å²) in [6, 6.07) is 0.686. The van der Waals surface area contributed by atoms with Crippen molar-refractivity contribution in [2.24, 2.45) is 11.7 Å². The van der Waals surface area contributed by atoms with E-state index < -0.39 is 0 Å². The first-order valence-corrected chi connectivity index (χ1v) is 7.73. The average Bonchev–Trinajstić information content (AvgIpc) is 2.95. The van der Waals surface area contributed by atoms with Crippen molar-refractivity contribution >= 4 is 0 Å². The van der Waals surface area contributed by atoms with E-state index in [9.17, 15) is 0 Å². The van der Waals surface area contributed by atoms with Crippen molar-refractivity contribution in [3.63, 3.8) is 0 Å². The molecule has 1 aliphatic heterocycles. The van der Waals surface area contributed by atoms with E-state index in [0.717, 1.165) is 12.8 Å². The van der Waals surface area contributed by atoms with Gasteiger partial charge in [-0.25, -0.2) is 0 Å². The standard InChI is InChI=1S/C15H26N4/c1-10(2)9-19-8-4-7-13(19)15-14-11(16)5-3-6-12(14)17-18-15/h10-11,13H,3-9,16H2,1-2H3,(H,17,18)/t11-,13+/m1/s1. The molecule has 0 aromatic carbocycles. The summed E-state index contributed by atoms with van der Waals surface area (Å²) >= 11 is 0. The Morgan fingerprint density at radius 2 is 2.21 bits per heavy atom. The van der Waals surface area contributed by atoms with Crippen LogP contribution in [-0.4, -0.2) is 28.2 Å². The number of H-pyrrole nitrogens is 1. The molecule has 4 heteroatoms. The Morgan fingerprint density at radius 3 is 3.00 bits per heavy atom. The van der Waals surface area contributed by atoms with Crippen LogP contribution in [0.1, 0.15) is 68.6 Å². The van der Waals surface area contributed by atoms with Crippen molar-refractivity contribution in [3.05, 3.63) is 17.0 Å². The highest BCUT2D eigenvalue weighted by Crippen LogP contribution is 2.38. The first-order valence-electron chi connectivity index (χ1n) is 7.73. The minimum absolute atomic E-state index is 0.194. The van der Waals surface area contributed by atoms with E-state index in [1.807, 2.05) is 0 Å². The normalized spacial score (nSPS) is 28.0. The Hall–Kier alpha value is -0.870. The number of nitrogens with two attached hydrogens (primary N) is 1. The van der Waals surface area contributed by atoms with Gasteiger partial charge in [0.1, 0.15) is 0 Å². The molecule has 4 nitrogen and oxygen atoms in total. The molecular weight excluding hydrogens is 236 g/mol. The van der Waals surface area contributed by atoms with Crippen molar-refractivity contribution in [2.45, 2.75) is 58.0 Å². The number of rotatable bonds is 3. The topological polar surface area (TPSA) is 57.9 Å². The van der Waals surface area contributed by atoms with Crippen LogP contribution < -0.4 is 5.73 Å². The van der Waals surface area contributed by atoms with Crippen LogP contribution in [0.5, 0.6) is 0 Å². The third-order valence-corrected chi connectivity index (χ3v) is 4.50. The summed E-state index contributed by atoms with van der Waals surface area (Å²) in [5.74, 6) is 0.712. The van der Waals surface area contributed by atoms with Crippen LogP contribution in [0.15, 0.2) is 0 Å². The molecule has 1 aromatic heterocycles. The fourth-order valence-electron chi connectivity index (χ4n) is 3.73. The van der Waals surface area contributed by atoms with Gasteiger partial charge in [-0.2, -0.15) is 5.10 Å². The molecule has 1 aromatic rings. The Labute approximate surface area is 115 Å². The first kappa shape index (κ1) is 13.1. The van der Waals surface area contributed by atoms with Gasteiger partial charge in [0.05, 0.1) is 11.7 Å². The minimum Gasteiger partial charge on any atom is -0.324 e. The summed E-state index contributed by atoms with van der Waals surface area (Å²) in [7, 11) is 0. The second-order valence-electron chi connectivity index (χ2n) is 6.55. The number of likely N-dealkylation sites (tertiary alicyclic amines) is 1. The fraction of sp³-hybridized carbons (Fsp3) is 0.800. The van der Waals surface area contributed by atoms with E-state index in [0.29, 0.717) is 12.0 Å². The molecule has 2 heterocycles. The minimum atomic E-state index is 0.194. The number of hydrogen-bond donors (Lipinski definition) is 2. The maximum Gasteiger partial charge on any atom is 0.0844 e. The molecule has 3 rings (SSSR count). The zero-order chi connectivity index (χ0) is 13.4. The third kappa shape index (κ3) is 2.43. The number of aryl methyl sites for hydroxylation is 1. The maximum absolute atomic E-state index is 6.33. The number of aromatic amines is 1. The quantitative estimate of drug-likeness (QED) is 0.880. The second kappa shape index (κ2) is 5.25. The number of nitrogens with one attached hydrogen (secondary N) is 1. The van der Waals surface area contributed by atoms with E-state index in [2.05, 4.69) is 28.9 Å². The van der Waals surface area contributed by atoms with Gasteiger partial charge in [0, 0.05) is 23.8 Å². The molecular formula is C15H26N4. The molecule has 0 spiro atoms. The summed E-state index contributed by atoms with van der Waals surface area (Å²) in [4.78, 5) is 2.60. The number of nitrogens with zero attached hydrogens (tertiary/aromatic N) is 2. The lowest BCUT2D eigenvalue weighted by Crippen LogP contribution is -2.29. The highest BCUT2D eigenvalue weighted by molar-refractivity contribution is 5.33. The maximum atomic E-state index is 6.33. The van der Waals surface area contributed by atoms with Gasteiger partial charge >= 0.3 is 0 Å². The van der Waals surface area contributed by atoms with Crippen LogP contribution in [-0.2, 0) is 6.42 Å². The summed E-state index contributed by atoms with van der Waals surface area (Å²) in [6.45, 7) is 6.96. The number of fused-ring (bicyclic) bond motifs is 1. The van der Waals surface area contributed by atoms with Crippen molar-refractivity contribution in [1.29, 1.82) is 0 Å².